The first kappa shape index (κ1) is 21.9. The van der Waals surface area contributed by atoms with E-state index in [0.29, 0.717) is 42.9 Å². The first-order valence-corrected chi connectivity index (χ1v) is 8.96. The average Bonchev–Trinajstić information content (AvgIpc) is 3.38. The number of benzene rings is 1. The molecule has 2 heterocycles. The molecule has 9 heteroatoms. The Morgan fingerprint density at radius 2 is 2.04 bits per heavy atom. The van der Waals surface area contributed by atoms with Crippen LogP contribution >= 0.6 is 24.0 Å². The maximum atomic E-state index is 10.2. The van der Waals surface area contributed by atoms with Crippen molar-refractivity contribution < 1.29 is 9.52 Å². The second kappa shape index (κ2) is 11.4. The van der Waals surface area contributed by atoms with Crippen molar-refractivity contribution in [3.05, 3.63) is 60.1 Å². The molecule has 0 saturated heterocycles. The minimum atomic E-state index is -0.508. The van der Waals surface area contributed by atoms with Crippen LogP contribution in [-0.2, 0) is 6.54 Å². The number of aromatic amines is 1. The summed E-state index contributed by atoms with van der Waals surface area (Å²) < 4.78 is 5.28. The van der Waals surface area contributed by atoms with Gasteiger partial charge >= 0.3 is 0 Å². The van der Waals surface area contributed by atoms with Gasteiger partial charge in [-0.2, -0.15) is 0 Å². The number of guanidine groups is 1. The van der Waals surface area contributed by atoms with Crippen LogP contribution in [0, 0.1) is 0 Å². The Morgan fingerprint density at radius 3 is 2.75 bits per heavy atom. The fraction of sp³-hybridized carbons (Fsp3) is 0.316. The molecule has 150 valence electrons. The predicted octanol–water partition coefficient (Wildman–Crippen LogP) is 2.86. The van der Waals surface area contributed by atoms with Crippen LogP contribution in [0.2, 0.25) is 0 Å². The Morgan fingerprint density at radius 1 is 1.21 bits per heavy atom. The largest absolute Gasteiger partial charge is 0.461 e. The number of hydrogen-bond acceptors (Lipinski definition) is 5. The molecule has 4 N–H and O–H groups in total. The third-order valence-corrected chi connectivity index (χ3v) is 3.90. The highest BCUT2D eigenvalue weighted by atomic mass is 127. The lowest BCUT2D eigenvalue weighted by molar-refractivity contribution is 0.168. The number of hydrogen-bond donors (Lipinski definition) is 4. The Hall–Kier alpha value is -2.40. The zero-order valence-electron chi connectivity index (χ0n) is 15.6. The number of aromatic nitrogens is 3. The van der Waals surface area contributed by atoms with Crippen LogP contribution in [0.5, 0.6) is 0 Å². The van der Waals surface area contributed by atoms with Gasteiger partial charge in [0.05, 0.1) is 12.4 Å². The summed E-state index contributed by atoms with van der Waals surface area (Å²) in [6.45, 7) is 3.68. The molecule has 0 aliphatic rings. The number of rotatable bonds is 8. The third-order valence-electron chi connectivity index (χ3n) is 3.90. The number of nitrogens with zero attached hydrogens (tertiary/aromatic N) is 3. The number of furan rings is 1. The van der Waals surface area contributed by atoms with Crippen molar-refractivity contribution >= 4 is 29.9 Å². The van der Waals surface area contributed by atoms with Crippen LogP contribution in [0.3, 0.4) is 0 Å². The lowest BCUT2D eigenvalue weighted by atomic mass is 10.1. The average molecular weight is 496 g/mol. The third kappa shape index (κ3) is 6.34. The molecule has 3 aromatic rings. The van der Waals surface area contributed by atoms with E-state index in [4.69, 9.17) is 4.42 Å². The molecular weight excluding hydrogens is 471 g/mol. The molecule has 0 bridgehead atoms. The normalized spacial score (nSPS) is 12.3. The first-order valence-electron chi connectivity index (χ1n) is 8.96. The van der Waals surface area contributed by atoms with E-state index < -0.39 is 6.10 Å². The quantitative estimate of drug-likeness (QED) is 0.217. The van der Waals surface area contributed by atoms with E-state index in [1.807, 2.05) is 37.3 Å². The Balaban J connectivity index is 0.00000280. The Kier molecular flexibility index (Phi) is 8.95. The highest BCUT2D eigenvalue weighted by Gasteiger charge is 2.09. The molecule has 3 rings (SSSR count). The number of H-pyrrole nitrogens is 1. The highest BCUT2D eigenvalue weighted by molar-refractivity contribution is 14.0. The summed E-state index contributed by atoms with van der Waals surface area (Å²) >= 11 is 0. The van der Waals surface area contributed by atoms with Crippen LogP contribution in [-0.4, -0.2) is 39.3 Å². The van der Waals surface area contributed by atoms with Gasteiger partial charge in [-0.3, -0.25) is 5.10 Å². The van der Waals surface area contributed by atoms with Crippen molar-refractivity contribution in [1.82, 2.24) is 25.8 Å². The molecule has 0 aliphatic carbocycles. The lowest BCUT2D eigenvalue weighted by Crippen LogP contribution is -2.38. The standard InChI is InChI=1S/C19H24N6O2.HI/c1-2-20-19(21-11-10-15(26)14-7-4-3-5-8-14)22-13-17-23-18(25-24-17)16-9-6-12-27-16;/h3-9,12,15,26H,2,10-11,13H2,1H3,(H2,20,21,22)(H,23,24,25);1H. The second-order valence-corrected chi connectivity index (χ2v) is 5.92. The van der Waals surface area contributed by atoms with Crippen LogP contribution in [0.4, 0.5) is 0 Å². The molecule has 0 fully saturated rings. The lowest BCUT2D eigenvalue weighted by Gasteiger charge is -2.14. The second-order valence-electron chi connectivity index (χ2n) is 5.92. The summed E-state index contributed by atoms with van der Waals surface area (Å²) in [4.78, 5) is 8.87. The number of nitrogens with one attached hydrogen (secondary N) is 3. The van der Waals surface area contributed by atoms with E-state index in [9.17, 15) is 5.11 Å². The first-order chi connectivity index (χ1) is 13.3. The molecule has 0 amide bonds. The number of halogens is 1. The van der Waals surface area contributed by atoms with Crippen LogP contribution in [0.25, 0.3) is 11.6 Å². The molecule has 1 aromatic carbocycles. The Labute approximate surface area is 180 Å². The fourth-order valence-corrected chi connectivity index (χ4v) is 2.55. The molecule has 2 aromatic heterocycles. The maximum Gasteiger partial charge on any atom is 0.216 e. The van der Waals surface area contributed by atoms with Crippen LogP contribution < -0.4 is 10.6 Å². The fourth-order valence-electron chi connectivity index (χ4n) is 2.55. The van der Waals surface area contributed by atoms with Crippen molar-refractivity contribution in [3.63, 3.8) is 0 Å². The summed E-state index contributed by atoms with van der Waals surface area (Å²) in [5, 5.41) is 23.6. The minimum absolute atomic E-state index is 0. The molecule has 28 heavy (non-hydrogen) atoms. The number of aliphatic hydroxyl groups is 1. The van der Waals surface area contributed by atoms with Crippen molar-refractivity contribution in [1.29, 1.82) is 0 Å². The van der Waals surface area contributed by atoms with Gasteiger partial charge in [-0.05, 0) is 31.0 Å². The Bertz CT molecular complexity index is 835. The van der Waals surface area contributed by atoms with Gasteiger partial charge in [0.1, 0.15) is 12.4 Å². The van der Waals surface area contributed by atoms with Gasteiger partial charge in [-0.25, -0.2) is 9.98 Å². The van der Waals surface area contributed by atoms with E-state index >= 15 is 0 Å². The molecular formula is C19H25IN6O2. The molecule has 1 unspecified atom stereocenters. The number of aliphatic imine (C=N–C) groups is 1. The molecule has 8 nitrogen and oxygen atoms in total. The van der Waals surface area contributed by atoms with E-state index in [-0.39, 0.29) is 24.0 Å². The van der Waals surface area contributed by atoms with Gasteiger partial charge in [-0.15, -0.1) is 29.1 Å². The van der Waals surface area contributed by atoms with Crippen molar-refractivity contribution in [2.24, 2.45) is 4.99 Å². The zero-order valence-corrected chi connectivity index (χ0v) is 18.0. The predicted molar refractivity (Wildman–Crippen MR) is 118 cm³/mol. The highest BCUT2D eigenvalue weighted by Crippen LogP contribution is 2.15. The monoisotopic (exact) mass is 496 g/mol. The summed E-state index contributed by atoms with van der Waals surface area (Å²) in [6, 6.07) is 13.2. The molecule has 0 aliphatic heterocycles. The van der Waals surface area contributed by atoms with Gasteiger partial charge < -0.3 is 20.2 Å². The smallest absolute Gasteiger partial charge is 0.216 e. The van der Waals surface area contributed by atoms with Crippen molar-refractivity contribution in [3.8, 4) is 11.6 Å². The molecule has 1 atom stereocenters. The van der Waals surface area contributed by atoms with Gasteiger partial charge in [0.2, 0.25) is 5.82 Å². The summed E-state index contributed by atoms with van der Waals surface area (Å²) in [7, 11) is 0. The molecule has 0 radical (unpaired) electrons. The van der Waals surface area contributed by atoms with Crippen LogP contribution in [0.1, 0.15) is 30.8 Å². The van der Waals surface area contributed by atoms with Gasteiger partial charge in [-0.1, -0.05) is 30.3 Å². The summed E-state index contributed by atoms with van der Waals surface area (Å²) in [5.41, 5.74) is 0.911. The van der Waals surface area contributed by atoms with Gasteiger partial charge in [0.25, 0.3) is 0 Å². The van der Waals surface area contributed by atoms with Crippen molar-refractivity contribution in [2.75, 3.05) is 13.1 Å². The van der Waals surface area contributed by atoms with Gasteiger partial charge in [0, 0.05) is 13.1 Å². The van der Waals surface area contributed by atoms with E-state index in [0.717, 1.165) is 12.1 Å². The summed E-state index contributed by atoms with van der Waals surface area (Å²) in [6.07, 6.45) is 1.66. The van der Waals surface area contributed by atoms with Crippen LogP contribution in [0.15, 0.2) is 58.1 Å². The van der Waals surface area contributed by atoms with E-state index in [1.54, 1.807) is 18.4 Å². The molecule has 0 spiro atoms. The zero-order chi connectivity index (χ0) is 18.9. The summed E-state index contributed by atoms with van der Waals surface area (Å²) in [5.74, 6) is 2.42. The van der Waals surface area contributed by atoms with Crippen molar-refractivity contribution in [2.45, 2.75) is 26.0 Å². The molecule has 0 saturated carbocycles. The topological polar surface area (TPSA) is 111 Å². The van der Waals surface area contributed by atoms with E-state index in [1.165, 1.54) is 0 Å². The number of aliphatic hydroxyl groups excluding tert-OH is 1. The van der Waals surface area contributed by atoms with E-state index in [2.05, 4.69) is 30.8 Å². The SMILES string of the molecule is CCNC(=NCc1nc(-c2ccco2)n[nH]1)NCCC(O)c1ccccc1.I. The maximum absolute atomic E-state index is 10.2. The minimum Gasteiger partial charge on any atom is -0.461 e. The van der Waals surface area contributed by atoms with Gasteiger partial charge in [0.15, 0.2) is 11.7 Å².